The van der Waals surface area contributed by atoms with Crippen LogP contribution in [0.4, 0.5) is 0 Å². The number of hydrogen-bond acceptors (Lipinski definition) is 1. The standard InChI is InChI=1S/C4H12NO2PS/c1-3-4(2)5-8(6,7)9/h4H,3H2,1-2H3,(H3,5,6,7,9)/t4-/m0/s1. The minimum atomic E-state index is -3.16. The van der Waals surface area contributed by atoms with Crippen LogP contribution < -0.4 is 5.09 Å². The van der Waals surface area contributed by atoms with Gasteiger partial charge in [0.15, 0.2) is 0 Å². The molecule has 5 heteroatoms. The summed E-state index contributed by atoms with van der Waals surface area (Å²) in [7, 11) is 0. The van der Waals surface area contributed by atoms with Gasteiger partial charge in [0.25, 0.3) is 6.64 Å². The Kier molecular flexibility index (Phi) is 3.85. The number of hydrogen-bond donors (Lipinski definition) is 3. The smallest absolute Gasteiger partial charge is 0.256 e. The monoisotopic (exact) mass is 169 g/mol. The lowest BCUT2D eigenvalue weighted by Gasteiger charge is -2.14. The van der Waals surface area contributed by atoms with Crippen molar-refractivity contribution in [3.63, 3.8) is 0 Å². The predicted molar refractivity (Wildman–Crippen MR) is 41.6 cm³/mol. The molecule has 1 atom stereocenters. The fourth-order valence-electron chi connectivity index (χ4n) is 0.378. The van der Waals surface area contributed by atoms with Crippen molar-refractivity contribution >= 4 is 18.4 Å². The highest BCUT2D eigenvalue weighted by molar-refractivity contribution is 8.08. The molecule has 0 saturated carbocycles. The lowest BCUT2D eigenvalue weighted by Crippen LogP contribution is -2.21. The van der Waals surface area contributed by atoms with E-state index in [2.05, 4.69) is 16.9 Å². The highest BCUT2D eigenvalue weighted by atomic mass is 32.5. The van der Waals surface area contributed by atoms with Crippen LogP contribution in [0, 0.1) is 0 Å². The number of nitrogens with one attached hydrogen (secondary N) is 1. The molecule has 0 unspecified atom stereocenters. The summed E-state index contributed by atoms with van der Waals surface area (Å²) in [5.41, 5.74) is 0. The fourth-order valence-corrected chi connectivity index (χ4v) is 1.67. The van der Waals surface area contributed by atoms with E-state index in [0.717, 1.165) is 6.42 Å². The molecule has 0 amide bonds. The molecular formula is C4H12NO2PS. The minimum Gasteiger partial charge on any atom is -0.334 e. The molecule has 56 valence electrons. The Morgan fingerprint density at radius 3 is 2.22 bits per heavy atom. The van der Waals surface area contributed by atoms with Gasteiger partial charge in [-0.05, 0) is 25.2 Å². The molecule has 0 aromatic carbocycles. The Labute approximate surface area is 60.3 Å². The first-order valence-corrected chi connectivity index (χ1v) is 5.50. The zero-order chi connectivity index (χ0) is 7.49. The van der Waals surface area contributed by atoms with Gasteiger partial charge in [0, 0.05) is 6.04 Å². The van der Waals surface area contributed by atoms with Crippen LogP contribution in [-0.2, 0) is 11.8 Å². The van der Waals surface area contributed by atoms with Gasteiger partial charge in [0.1, 0.15) is 0 Å². The van der Waals surface area contributed by atoms with Crippen molar-refractivity contribution in [2.75, 3.05) is 0 Å². The van der Waals surface area contributed by atoms with Crippen molar-refractivity contribution in [1.82, 2.24) is 5.09 Å². The van der Waals surface area contributed by atoms with Crippen molar-refractivity contribution in [3.8, 4) is 0 Å². The molecule has 0 heterocycles. The van der Waals surface area contributed by atoms with E-state index in [-0.39, 0.29) is 6.04 Å². The molecule has 0 bridgehead atoms. The minimum absolute atomic E-state index is 0.0887. The van der Waals surface area contributed by atoms with Gasteiger partial charge in [0.2, 0.25) is 0 Å². The average molecular weight is 169 g/mol. The second-order valence-electron chi connectivity index (χ2n) is 1.98. The van der Waals surface area contributed by atoms with Crippen molar-refractivity contribution in [2.24, 2.45) is 0 Å². The second kappa shape index (κ2) is 3.64. The topological polar surface area (TPSA) is 52.5 Å². The normalized spacial score (nSPS) is 15.6. The zero-order valence-electron chi connectivity index (χ0n) is 5.53. The molecule has 0 aliphatic rings. The molecule has 0 aliphatic carbocycles. The van der Waals surface area contributed by atoms with Gasteiger partial charge >= 0.3 is 0 Å². The lowest BCUT2D eigenvalue weighted by atomic mass is 10.3. The molecule has 0 aromatic rings. The molecule has 3 N–H and O–H groups in total. The van der Waals surface area contributed by atoms with Gasteiger partial charge in [-0.25, -0.2) is 5.09 Å². The van der Waals surface area contributed by atoms with E-state index in [0.29, 0.717) is 0 Å². The van der Waals surface area contributed by atoms with Gasteiger partial charge in [0.05, 0.1) is 0 Å². The van der Waals surface area contributed by atoms with Gasteiger partial charge in [-0.3, -0.25) is 0 Å². The summed E-state index contributed by atoms with van der Waals surface area (Å²) in [5.74, 6) is 0. The van der Waals surface area contributed by atoms with E-state index < -0.39 is 6.64 Å². The Morgan fingerprint density at radius 1 is 1.67 bits per heavy atom. The zero-order valence-corrected chi connectivity index (χ0v) is 7.25. The summed E-state index contributed by atoms with van der Waals surface area (Å²) in [6.07, 6.45) is 0.847. The molecule has 0 aliphatic heterocycles. The van der Waals surface area contributed by atoms with Crippen LogP contribution in [0.15, 0.2) is 0 Å². The van der Waals surface area contributed by atoms with Crippen molar-refractivity contribution in [3.05, 3.63) is 0 Å². The molecule has 0 aromatic heterocycles. The molecule has 0 fully saturated rings. The van der Waals surface area contributed by atoms with Crippen molar-refractivity contribution < 1.29 is 9.79 Å². The molecule has 3 nitrogen and oxygen atoms in total. The maximum absolute atomic E-state index is 8.69. The predicted octanol–water partition coefficient (Wildman–Crippen LogP) is 0.584. The van der Waals surface area contributed by atoms with E-state index in [9.17, 15) is 0 Å². The molecular weight excluding hydrogens is 157 g/mol. The van der Waals surface area contributed by atoms with Crippen LogP contribution in [0.3, 0.4) is 0 Å². The quantitative estimate of drug-likeness (QED) is 0.541. The van der Waals surface area contributed by atoms with Crippen molar-refractivity contribution in [1.29, 1.82) is 0 Å². The van der Waals surface area contributed by atoms with E-state index in [4.69, 9.17) is 9.79 Å². The average Bonchev–Trinajstić information content (AvgIpc) is 1.62. The largest absolute Gasteiger partial charge is 0.334 e. The number of rotatable bonds is 3. The third kappa shape index (κ3) is 6.41. The molecule has 9 heavy (non-hydrogen) atoms. The first-order valence-electron chi connectivity index (χ1n) is 2.79. The fraction of sp³-hybridized carbons (Fsp3) is 1.00. The summed E-state index contributed by atoms with van der Waals surface area (Å²) in [4.78, 5) is 17.4. The summed E-state index contributed by atoms with van der Waals surface area (Å²) in [6.45, 7) is 0.647. The van der Waals surface area contributed by atoms with Crippen LogP contribution in [0.25, 0.3) is 0 Å². The molecule has 0 rings (SSSR count). The van der Waals surface area contributed by atoms with Gasteiger partial charge < -0.3 is 9.79 Å². The van der Waals surface area contributed by atoms with Gasteiger partial charge in [-0.2, -0.15) is 0 Å². The van der Waals surface area contributed by atoms with Crippen LogP contribution in [0.1, 0.15) is 20.3 Å². The Morgan fingerprint density at radius 2 is 2.11 bits per heavy atom. The van der Waals surface area contributed by atoms with E-state index in [1.54, 1.807) is 0 Å². The SMILES string of the molecule is CC[C@H](C)NP(O)(O)=S. The highest BCUT2D eigenvalue weighted by Crippen LogP contribution is 2.29. The van der Waals surface area contributed by atoms with E-state index >= 15 is 0 Å². The third-order valence-corrected chi connectivity index (χ3v) is 2.09. The lowest BCUT2D eigenvalue weighted by molar-refractivity contribution is 0.445. The van der Waals surface area contributed by atoms with E-state index in [1.807, 2.05) is 13.8 Å². The summed E-state index contributed by atoms with van der Waals surface area (Å²) in [6, 6.07) is 0.0887. The van der Waals surface area contributed by atoms with Crippen molar-refractivity contribution in [2.45, 2.75) is 26.3 Å². The summed E-state index contributed by atoms with van der Waals surface area (Å²) < 4.78 is 0. The van der Waals surface area contributed by atoms with Crippen LogP contribution in [0.2, 0.25) is 0 Å². The highest BCUT2D eigenvalue weighted by Gasteiger charge is 2.08. The van der Waals surface area contributed by atoms with Crippen LogP contribution in [0.5, 0.6) is 0 Å². The Hall–Kier alpha value is 0.530. The third-order valence-electron chi connectivity index (χ3n) is 1.00. The molecule has 0 spiro atoms. The second-order valence-corrected chi connectivity index (χ2v) is 4.86. The van der Waals surface area contributed by atoms with E-state index in [1.165, 1.54) is 0 Å². The molecule has 0 saturated heterocycles. The Bertz CT molecular complexity index is 124. The van der Waals surface area contributed by atoms with Gasteiger partial charge in [-0.15, -0.1) is 0 Å². The van der Waals surface area contributed by atoms with Crippen LogP contribution >= 0.6 is 6.64 Å². The molecule has 0 radical (unpaired) electrons. The Balaban J connectivity index is 3.60. The van der Waals surface area contributed by atoms with Crippen LogP contribution in [-0.4, -0.2) is 15.8 Å². The first kappa shape index (κ1) is 9.53. The van der Waals surface area contributed by atoms with Gasteiger partial charge in [-0.1, -0.05) is 6.92 Å². The summed E-state index contributed by atoms with van der Waals surface area (Å²) in [5, 5.41) is 2.51. The maximum Gasteiger partial charge on any atom is 0.256 e. The maximum atomic E-state index is 8.69. The first-order chi connectivity index (χ1) is 3.95. The summed E-state index contributed by atoms with van der Waals surface area (Å²) >= 11 is 4.34.